The molecule has 0 amide bonds. The van der Waals surface area contributed by atoms with Gasteiger partial charge in [0, 0.05) is 18.0 Å². The lowest BCUT2D eigenvalue weighted by Gasteiger charge is -2.12. The summed E-state index contributed by atoms with van der Waals surface area (Å²) >= 11 is 5.76. The highest BCUT2D eigenvalue weighted by atomic mass is 35.5. The Kier molecular flexibility index (Phi) is 6.87. The van der Waals surface area contributed by atoms with E-state index in [4.69, 9.17) is 16.3 Å². The van der Waals surface area contributed by atoms with Crippen molar-refractivity contribution >= 4 is 27.6 Å². The molecule has 0 spiro atoms. The van der Waals surface area contributed by atoms with Crippen molar-refractivity contribution in [2.75, 3.05) is 13.2 Å². The van der Waals surface area contributed by atoms with Crippen LogP contribution in [-0.4, -0.2) is 27.5 Å². The third kappa shape index (κ3) is 6.12. The fourth-order valence-electron chi connectivity index (χ4n) is 2.63. The number of cyclic esters (lactones) is 1. The van der Waals surface area contributed by atoms with Gasteiger partial charge in [-0.3, -0.25) is 4.79 Å². The Bertz CT molecular complexity index is 615. The van der Waals surface area contributed by atoms with E-state index in [1.807, 2.05) is 0 Å². The van der Waals surface area contributed by atoms with Gasteiger partial charge in [0.05, 0.1) is 11.5 Å². The SMILES string of the molecule is O=C1CCC(CCCCNS(=O)(=O)c2ccc(Cl)cc2)CCO1. The maximum atomic E-state index is 12.1. The molecule has 1 heterocycles. The molecule has 0 saturated carbocycles. The van der Waals surface area contributed by atoms with E-state index in [-0.39, 0.29) is 10.9 Å². The topological polar surface area (TPSA) is 72.5 Å². The van der Waals surface area contributed by atoms with E-state index in [1.54, 1.807) is 12.1 Å². The first-order valence-corrected chi connectivity index (χ1v) is 9.74. The number of nitrogens with one attached hydrogen (secondary N) is 1. The number of esters is 1. The Balaban J connectivity index is 1.68. The molecule has 0 radical (unpaired) electrons. The summed E-state index contributed by atoms with van der Waals surface area (Å²) in [6, 6.07) is 6.11. The molecule has 1 aliphatic rings. The summed E-state index contributed by atoms with van der Waals surface area (Å²) in [5.74, 6) is 0.387. The van der Waals surface area contributed by atoms with Gasteiger partial charge in [0.15, 0.2) is 0 Å². The molecule has 0 aromatic heterocycles. The fraction of sp³-hybridized carbons (Fsp3) is 0.562. The van der Waals surface area contributed by atoms with Gasteiger partial charge in [-0.15, -0.1) is 0 Å². The van der Waals surface area contributed by atoms with Gasteiger partial charge in [-0.25, -0.2) is 13.1 Å². The van der Waals surface area contributed by atoms with Crippen LogP contribution in [-0.2, 0) is 19.6 Å². The third-order valence-electron chi connectivity index (χ3n) is 4.00. The number of benzene rings is 1. The minimum atomic E-state index is -3.47. The summed E-state index contributed by atoms with van der Waals surface area (Å²) in [7, 11) is -3.47. The normalized spacial score (nSPS) is 19.2. The quantitative estimate of drug-likeness (QED) is 0.599. The van der Waals surface area contributed by atoms with Crippen LogP contribution in [0.15, 0.2) is 29.2 Å². The van der Waals surface area contributed by atoms with E-state index in [0.29, 0.717) is 30.5 Å². The smallest absolute Gasteiger partial charge is 0.305 e. The lowest BCUT2D eigenvalue weighted by molar-refractivity contribution is -0.142. The van der Waals surface area contributed by atoms with Crippen LogP contribution in [0.25, 0.3) is 0 Å². The number of halogens is 1. The van der Waals surface area contributed by atoms with Gasteiger partial charge in [0.25, 0.3) is 0 Å². The standard InChI is InChI=1S/C16H22ClNO4S/c17-14-5-7-15(8-6-14)23(20,21)18-11-2-1-3-13-4-9-16(19)22-12-10-13/h5-8,13,18H,1-4,9-12H2. The number of hydrogen-bond donors (Lipinski definition) is 1. The van der Waals surface area contributed by atoms with Crippen molar-refractivity contribution in [3.8, 4) is 0 Å². The molecule has 128 valence electrons. The van der Waals surface area contributed by atoms with Gasteiger partial charge in [-0.05, 0) is 49.4 Å². The summed E-state index contributed by atoms with van der Waals surface area (Å²) in [5, 5.41) is 0.509. The van der Waals surface area contributed by atoms with Crippen LogP contribution in [0, 0.1) is 5.92 Å². The molecular formula is C16H22ClNO4S. The number of unbranched alkanes of at least 4 members (excludes halogenated alkanes) is 1. The number of ether oxygens (including phenoxy) is 1. The Labute approximate surface area is 142 Å². The predicted molar refractivity (Wildman–Crippen MR) is 88.8 cm³/mol. The molecule has 23 heavy (non-hydrogen) atoms. The molecule has 0 aliphatic carbocycles. The van der Waals surface area contributed by atoms with E-state index in [1.165, 1.54) is 12.1 Å². The molecule has 0 bridgehead atoms. The molecule has 1 aromatic carbocycles. The molecule has 1 N–H and O–H groups in total. The van der Waals surface area contributed by atoms with Crippen molar-refractivity contribution in [1.29, 1.82) is 0 Å². The zero-order valence-electron chi connectivity index (χ0n) is 13.0. The minimum Gasteiger partial charge on any atom is -0.466 e. The Morgan fingerprint density at radius 1 is 1.17 bits per heavy atom. The average molecular weight is 360 g/mol. The van der Waals surface area contributed by atoms with E-state index < -0.39 is 10.0 Å². The molecular weight excluding hydrogens is 338 g/mol. The highest BCUT2D eigenvalue weighted by molar-refractivity contribution is 7.89. The van der Waals surface area contributed by atoms with Crippen LogP contribution in [0.5, 0.6) is 0 Å². The van der Waals surface area contributed by atoms with Crippen molar-refractivity contribution in [2.45, 2.75) is 43.4 Å². The fourth-order valence-corrected chi connectivity index (χ4v) is 3.83. The number of hydrogen-bond acceptors (Lipinski definition) is 4. The summed E-state index contributed by atoms with van der Waals surface area (Å²) in [6.45, 7) is 0.916. The molecule has 5 nitrogen and oxygen atoms in total. The highest BCUT2D eigenvalue weighted by Gasteiger charge is 2.17. The van der Waals surface area contributed by atoms with Crippen molar-refractivity contribution in [3.05, 3.63) is 29.3 Å². The summed E-state index contributed by atoms with van der Waals surface area (Å²) in [4.78, 5) is 11.4. The van der Waals surface area contributed by atoms with Crippen LogP contribution in [0.3, 0.4) is 0 Å². The minimum absolute atomic E-state index is 0.108. The van der Waals surface area contributed by atoms with E-state index >= 15 is 0 Å². The van der Waals surface area contributed by atoms with Gasteiger partial charge in [0.2, 0.25) is 10.0 Å². The van der Waals surface area contributed by atoms with Gasteiger partial charge in [-0.1, -0.05) is 24.4 Å². The van der Waals surface area contributed by atoms with Crippen molar-refractivity contribution < 1.29 is 17.9 Å². The largest absolute Gasteiger partial charge is 0.466 e. The first-order chi connectivity index (χ1) is 11.0. The molecule has 2 rings (SSSR count). The molecule has 1 atom stereocenters. The van der Waals surface area contributed by atoms with E-state index in [0.717, 1.165) is 32.1 Å². The maximum absolute atomic E-state index is 12.1. The molecule has 1 fully saturated rings. The zero-order valence-corrected chi connectivity index (χ0v) is 14.5. The monoisotopic (exact) mass is 359 g/mol. The van der Waals surface area contributed by atoms with E-state index in [2.05, 4.69) is 4.72 Å². The lowest BCUT2D eigenvalue weighted by Crippen LogP contribution is -2.24. The second kappa shape index (κ2) is 8.66. The first kappa shape index (κ1) is 18.2. The zero-order chi connectivity index (χ0) is 16.7. The first-order valence-electron chi connectivity index (χ1n) is 7.88. The van der Waals surface area contributed by atoms with Gasteiger partial charge < -0.3 is 4.74 Å². The van der Waals surface area contributed by atoms with Crippen molar-refractivity contribution in [1.82, 2.24) is 4.72 Å². The van der Waals surface area contributed by atoms with Crippen LogP contribution >= 0.6 is 11.6 Å². The van der Waals surface area contributed by atoms with Crippen molar-refractivity contribution in [2.24, 2.45) is 5.92 Å². The Morgan fingerprint density at radius 2 is 1.91 bits per heavy atom. The van der Waals surface area contributed by atoms with Crippen LogP contribution in [0.1, 0.15) is 38.5 Å². The lowest BCUT2D eigenvalue weighted by atomic mass is 9.94. The maximum Gasteiger partial charge on any atom is 0.305 e. The summed E-state index contributed by atoms with van der Waals surface area (Å²) in [6.07, 6.45) is 4.98. The average Bonchev–Trinajstić information content (AvgIpc) is 2.72. The number of rotatable bonds is 7. The van der Waals surface area contributed by atoms with Crippen LogP contribution in [0.2, 0.25) is 5.02 Å². The van der Waals surface area contributed by atoms with E-state index in [9.17, 15) is 13.2 Å². The number of sulfonamides is 1. The van der Waals surface area contributed by atoms with Gasteiger partial charge >= 0.3 is 5.97 Å². The predicted octanol–water partition coefficient (Wildman–Crippen LogP) is 3.13. The molecule has 1 unspecified atom stereocenters. The number of carbonyl (C=O) groups excluding carboxylic acids is 1. The third-order valence-corrected chi connectivity index (χ3v) is 5.73. The highest BCUT2D eigenvalue weighted by Crippen LogP contribution is 2.22. The van der Waals surface area contributed by atoms with Crippen LogP contribution in [0.4, 0.5) is 0 Å². The summed E-state index contributed by atoms with van der Waals surface area (Å²) < 4.78 is 31.8. The second-order valence-corrected chi connectivity index (χ2v) is 7.96. The van der Waals surface area contributed by atoms with Gasteiger partial charge in [0.1, 0.15) is 0 Å². The Hall–Kier alpha value is -1.11. The van der Waals surface area contributed by atoms with Crippen molar-refractivity contribution in [3.63, 3.8) is 0 Å². The summed E-state index contributed by atoms with van der Waals surface area (Å²) in [5.41, 5.74) is 0. The molecule has 1 aromatic rings. The van der Waals surface area contributed by atoms with Gasteiger partial charge in [-0.2, -0.15) is 0 Å². The molecule has 1 saturated heterocycles. The number of carbonyl (C=O) groups is 1. The second-order valence-electron chi connectivity index (χ2n) is 5.76. The molecule has 7 heteroatoms. The van der Waals surface area contributed by atoms with Crippen LogP contribution < -0.4 is 4.72 Å². The molecule has 1 aliphatic heterocycles. The Morgan fingerprint density at radius 3 is 2.65 bits per heavy atom.